The third-order valence-corrected chi connectivity index (χ3v) is 5.76. The predicted octanol–water partition coefficient (Wildman–Crippen LogP) is 3.52. The zero-order chi connectivity index (χ0) is 24.7. The summed E-state index contributed by atoms with van der Waals surface area (Å²) in [5.41, 5.74) is -0.881. The molecule has 1 atom stereocenters. The van der Waals surface area contributed by atoms with E-state index in [9.17, 15) is 28.1 Å². The Morgan fingerprint density at radius 2 is 1.79 bits per heavy atom. The van der Waals surface area contributed by atoms with E-state index in [0.717, 1.165) is 43.9 Å². The van der Waals surface area contributed by atoms with Gasteiger partial charge < -0.3 is 15.5 Å². The van der Waals surface area contributed by atoms with Gasteiger partial charge in [-0.1, -0.05) is 30.3 Å². The van der Waals surface area contributed by atoms with E-state index >= 15 is 0 Å². The van der Waals surface area contributed by atoms with Gasteiger partial charge in [-0.15, -0.1) is 0 Å². The Kier molecular flexibility index (Phi) is 8.46. The van der Waals surface area contributed by atoms with Crippen molar-refractivity contribution in [1.29, 1.82) is 0 Å². The van der Waals surface area contributed by atoms with E-state index in [2.05, 4.69) is 27.5 Å². The first kappa shape index (κ1) is 25.4. The number of nitrogens with zero attached hydrogens (tertiary/aromatic N) is 3. The van der Waals surface area contributed by atoms with Crippen molar-refractivity contribution in [3.8, 4) is 0 Å². The van der Waals surface area contributed by atoms with Crippen molar-refractivity contribution in [2.24, 2.45) is 0 Å². The number of nitro groups is 1. The number of likely N-dealkylation sites (N-methyl/N-ethyl adjacent to an activating group) is 1. The van der Waals surface area contributed by atoms with Gasteiger partial charge in [0.2, 0.25) is 5.91 Å². The summed E-state index contributed by atoms with van der Waals surface area (Å²) >= 11 is 0. The quantitative estimate of drug-likeness (QED) is 0.423. The van der Waals surface area contributed by atoms with Crippen LogP contribution in [-0.2, 0) is 11.0 Å². The number of hydrogen-bond donors (Lipinski definition) is 2. The third-order valence-electron chi connectivity index (χ3n) is 5.76. The van der Waals surface area contributed by atoms with Crippen molar-refractivity contribution in [2.75, 3.05) is 51.6 Å². The van der Waals surface area contributed by atoms with Gasteiger partial charge in [-0.05, 0) is 24.7 Å². The van der Waals surface area contributed by atoms with Crippen LogP contribution in [0.2, 0.25) is 0 Å². The zero-order valence-corrected chi connectivity index (χ0v) is 18.8. The fourth-order valence-electron chi connectivity index (χ4n) is 3.79. The molecule has 11 heteroatoms. The first-order valence-corrected chi connectivity index (χ1v) is 11.0. The predicted molar refractivity (Wildman–Crippen MR) is 122 cm³/mol. The van der Waals surface area contributed by atoms with E-state index in [0.29, 0.717) is 12.6 Å². The number of hydrogen-bond acceptors (Lipinski definition) is 6. The summed E-state index contributed by atoms with van der Waals surface area (Å²) in [4.78, 5) is 27.5. The number of nitrogens with one attached hydrogen (secondary N) is 2. The average molecular weight is 480 g/mol. The number of halogens is 3. The van der Waals surface area contributed by atoms with Gasteiger partial charge in [-0.25, -0.2) is 0 Å². The fraction of sp³-hybridized carbons (Fsp3) is 0.435. The maximum absolute atomic E-state index is 12.9. The minimum atomic E-state index is -4.68. The van der Waals surface area contributed by atoms with E-state index in [1.165, 1.54) is 0 Å². The average Bonchev–Trinajstić information content (AvgIpc) is 2.80. The lowest BCUT2D eigenvalue weighted by atomic mass is 10.1. The molecule has 3 rings (SSSR count). The van der Waals surface area contributed by atoms with Crippen LogP contribution in [-0.4, -0.2) is 66.9 Å². The number of piperazine rings is 1. The summed E-state index contributed by atoms with van der Waals surface area (Å²) in [7, 11) is 2.07. The molecule has 0 aromatic heterocycles. The first-order chi connectivity index (χ1) is 16.1. The van der Waals surface area contributed by atoms with Crippen molar-refractivity contribution in [2.45, 2.75) is 18.6 Å². The molecule has 8 nitrogen and oxygen atoms in total. The highest BCUT2D eigenvalue weighted by Crippen LogP contribution is 2.34. The van der Waals surface area contributed by atoms with Crippen LogP contribution in [0.1, 0.15) is 23.6 Å². The minimum absolute atomic E-state index is 0.00421. The number of benzene rings is 2. The van der Waals surface area contributed by atoms with Crippen LogP contribution in [0.5, 0.6) is 0 Å². The smallest absolute Gasteiger partial charge is 0.379 e. The van der Waals surface area contributed by atoms with Gasteiger partial charge in [-0.2, -0.15) is 13.2 Å². The number of amides is 1. The number of rotatable bonds is 9. The Morgan fingerprint density at radius 1 is 1.12 bits per heavy atom. The van der Waals surface area contributed by atoms with Crippen LogP contribution in [0.25, 0.3) is 0 Å². The monoisotopic (exact) mass is 479 g/mol. The molecule has 0 spiro atoms. The van der Waals surface area contributed by atoms with Crippen LogP contribution in [0.3, 0.4) is 0 Å². The van der Waals surface area contributed by atoms with E-state index in [-0.39, 0.29) is 30.6 Å². The topological polar surface area (TPSA) is 90.8 Å². The Bertz CT molecular complexity index is 980. The summed E-state index contributed by atoms with van der Waals surface area (Å²) in [5, 5.41) is 17.0. The number of alkyl halides is 3. The van der Waals surface area contributed by atoms with Gasteiger partial charge in [0.15, 0.2) is 0 Å². The third kappa shape index (κ3) is 7.16. The van der Waals surface area contributed by atoms with Crippen molar-refractivity contribution < 1.29 is 22.9 Å². The molecule has 2 aromatic rings. The van der Waals surface area contributed by atoms with Crippen LogP contribution in [0.4, 0.5) is 24.5 Å². The van der Waals surface area contributed by atoms with E-state index < -0.39 is 22.4 Å². The molecule has 1 heterocycles. The Labute approximate surface area is 195 Å². The molecule has 1 fully saturated rings. The molecule has 0 radical (unpaired) electrons. The molecule has 1 aliphatic heterocycles. The molecule has 1 unspecified atom stereocenters. The molecule has 34 heavy (non-hydrogen) atoms. The fourth-order valence-corrected chi connectivity index (χ4v) is 3.79. The van der Waals surface area contributed by atoms with Crippen LogP contribution in [0, 0.1) is 10.1 Å². The lowest BCUT2D eigenvalue weighted by Crippen LogP contribution is -2.48. The molecule has 0 saturated carbocycles. The van der Waals surface area contributed by atoms with Crippen molar-refractivity contribution in [1.82, 2.24) is 15.1 Å². The lowest BCUT2D eigenvalue weighted by Gasteiger charge is -2.35. The number of anilines is 1. The van der Waals surface area contributed by atoms with Crippen molar-refractivity contribution >= 4 is 17.3 Å². The van der Waals surface area contributed by atoms with Gasteiger partial charge >= 0.3 is 6.18 Å². The SMILES string of the molecule is CN1CCN(CC(NC(=O)CCNc2ccc(C(F)(F)F)cc2[N+](=O)[O-])c2ccccc2)CC1. The molecule has 0 bridgehead atoms. The Hall–Kier alpha value is -3.18. The molecular formula is C23H28F3N5O3. The second-order valence-electron chi connectivity index (χ2n) is 8.30. The summed E-state index contributed by atoms with van der Waals surface area (Å²) in [6.45, 7) is 4.38. The number of carbonyl (C=O) groups is 1. The van der Waals surface area contributed by atoms with Gasteiger partial charge in [-0.3, -0.25) is 19.8 Å². The molecule has 2 N–H and O–H groups in total. The van der Waals surface area contributed by atoms with Gasteiger partial charge in [0.25, 0.3) is 5.69 Å². The highest BCUT2D eigenvalue weighted by molar-refractivity contribution is 5.77. The molecule has 1 saturated heterocycles. The normalized spacial score (nSPS) is 16.1. The number of nitro benzene ring substituents is 1. The summed E-state index contributed by atoms with van der Waals surface area (Å²) < 4.78 is 38.6. The summed E-state index contributed by atoms with van der Waals surface area (Å²) in [6.07, 6.45) is -4.68. The molecule has 184 valence electrons. The second-order valence-corrected chi connectivity index (χ2v) is 8.30. The lowest BCUT2D eigenvalue weighted by molar-refractivity contribution is -0.384. The van der Waals surface area contributed by atoms with Gasteiger partial charge in [0, 0.05) is 51.8 Å². The second kappa shape index (κ2) is 11.3. The van der Waals surface area contributed by atoms with E-state index in [1.807, 2.05) is 30.3 Å². The van der Waals surface area contributed by atoms with Gasteiger partial charge in [0.05, 0.1) is 16.5 Å². The zero-order valence-electron chi connectivity index (χ0n) is 18.8. The summed E-state index contributed by atoms with van der Waals surface area (Å²) in [6, 6.07) is 11.7. The number of carbonyl (C=O) groups excluding carboxylic acids is 1. The highest BCUT2D eigenvalue weighted by atomic mass is 19.4. The van der Waals surface area contributed by atoms with Crippen molar-refractivity contribution in [3.05, 3.63) is 69.8 Å². The van der Waals surface area contributed by atoms with E-state index in [4.69, 9.17) is 0 Å². The van der Waals surface area contributed by atoms with Crippen LogP contribution in [0.15, 0.2) is 48.5 Å². The van der Waals surface area contributed by atoms with Gasteiger partial charge in [0.1, 0.15) is 5.69 Å². The van der Waals surface area contributed by atoms with Crippen molar-refractivity contribution in [3.63, 3.8) is 0 Å². The Balaban J connectivity index is 1.60. The maximum Gasteiger partial charge on any atom is 0.416 e. The van der Waals surface area contributed by atoms with Crippen LogP contribution >= 0.6 is 0 Å². The van der Waals surface area contributed by atoms with Crippen LogP contribution < -0.4 is 10.6 Å². The molecule has 0 aliphatic carbocycles. The largest absolute Gasteiger partial charge is 0.416 e. The molecule has 1 amide bonds. The van der Waals surface area contributed by atoms with E-state index in [1.54, 1.807) is 0 Å². The molecule has 2 aromatic carbocycles. The highest BCUT2D eigenvalue weighted by Gasteiger charge is 2.33. The minimum Gasteiger partial charge on any atom is -0.379 e. The Morgan fingerprint density at radius 3 is 2.41 bits per heavy atom. The molecular weight excluding hydrogens is 451 g/mol. The summed E-state index contributed by atoms with van der Waals surface area (Å²) in [5.74, 6) is -0.259. The molecule has 1 aliphatic rings. The maximum atomic E-state index is 12.9. The standard InChI is InChI=1S/C23H28F3N5O3/c1-29-11-13-30(14-12-29)16-20(17-5-3-2-4-6-17)28-22(32)9-10-27-19-8-7-18(23(24,25)26)15-21(19)31(33)34/h2-8,15,20,27H,9-14,16H2,1H3,(H,28,32). The first-order valence-electron chi connectivity index (χ1n) is 11.0.